The molecule has 2 unspecified atom stereocenters. The van der Waals surface area contributed by atoms with Crippen molar-refractivity contribution in [3.63, 3.8) is 0 Å². The summed E-state index contributed by atoms with van der Waals surface area (Å²) in [7, 11) is 0. The van der Waals surface area contributed by atoms with Crippen LogP contribution in [-0.4, -0.2) is 11.1 Å². The van der Waals surface area contributed by atoms with E-state index in [1.165, 1.54) is 12.1 Å². The first-order valence-electron chi connectivity index (χ1n) is 5.51. The minimum absolute atomic E-state index is 0.127. The van der Waals surface area contributed by atoms with E-state index in [4.69, 9.17) is 5.11 Å². The minimum atomic E-state index is -0.779. The first kappa shape index (κ1) is 12.7. The lowest BCUT2D eigenvalue weighted by Crippen LogP contribution is -2.23. The lowest BCUT2D eigenvalue weighted by molar-refractivity contribution is -0.143. The van der Waals surface area contributed by atoms with Crippen LogP contribution in [0, 0.1) is 17.7 Å². The van der Waals surface area contributed by atoms with Crippen LogP contribution in [0.4, 0.5) is 4.39 Å². The van der Waals surface area contributed by atoms with Gasteiger partial charge >= 0.3 is 5.97 Å². The van der Waals surface area contributed by atoms with E-state index in [1.54, 1.807) is 12.1 Å². The molecule has 1 aromatic rings. The summed E-state index contributed by atoms with van der Waals surface area (Å²) in [5.41, 5.74) is 0.870. The molecule has 0 heterocycles. The first-order valence-corrected chi connectivity index (χ1v) is 5.51. The Hall–Kier alpha value is -1.38. The van der Waals surface area contributed by atoms with Crippen molar-refractivity contribution in [3.8, 4) is 0 Å². The Balaban J connectivity index is 2.75. The first-order chi connectivity index (χ1) is 7.54. The van der Waals surface area contributed by atoms with Gasteiger partial charge in [0.15, 0.2) is 0 Å². The second kappa shape index (κ2) is 5.64. The summed E-state index contributed by atoms with van der Waals surface area (Å²) in [6.07, 6.45) is 1.29. The molecule has 0 radical (unpaired) electrons. The number of carboxylic acid groups (broad SMARTS) is 1. The zero-order valence-corrected chi connectivity index (χ0v) is 9.61. The Morgan fingerprint density at radius 1 is 1.38 bits per heavy atom. The highest BCUT2D eigenvalue weighted by Crippen LogP contribution is 2.20. The second-order valence-electron chi connectivity index (χ2n) is 4.16. The molecule has 2 nitrogen and oxygen atoms in total. The molecule has 3 heteroatoms. The quantitative estimate of drug-likeness (QED) is 0.834. The van der Waals surface area contributed by atoms with Gasteiger partial charge in [0, 0.05) is 0 Å². The summed E-state index contributed by atoms with van der Waals surface area (Å²) < 4.78 is 12.7. The molecule has 88 valence electrons. The van der Waals surface area contributed by atoms with Crippen molar-refractivity contribution in [2.75, 3.05) is 0 Å². The number of hydrogen-bond donors (Lipinski definition) is 1. The average molecular weight is 224 g/mol. The van der Waals surface area contributed by atoms with E-state index in [1.807, 2.05) is 13.8 Å². The highest BCUT2D eigenvalue weighted by molar-refractivity contribution is 5.70. The maximum absolute atomic E-state index is 12.7. The van der Waals surface area contributed by atoms with Crippen LogP contribution in [0.15, 0.2) is 24.3 Å². The molecule has 1 rings (SSSR count). The van der Waals surface area contributed by atoms with Crippen LogP contribution in [0.2, 0.25) is 0 Å². The Labute approximate surface area is 95.1 Å². The second-order valence-corrected chi connectivity index (χ2v) is 4.16. The van der Waals surface area contributed by atoms with Crippen LogP contribution < -0.4 is 0 Å². The predicted molar refractivity (Wildman–Crippen MR) is 60.7 cm³/mol. The molecule has 0 aromatic heterocycles. The van der Waals surface area contributed by atoms with Gasteiger partial charge in [-0.3, -0.25) is 4.79 Å². The summed E-state index contributed by atoms with van der Waals surface area (Å²) in [5.74, 6) is -1.34. The Morgan fingerprint density at radius 3 is 2.38 bits per heavy atom. The summed E-state index contributed by atoms with van der Waals surface area (Å²) >= 11 is 0. The van der Waals surface area contributed by atoms with Gasteiger partial charge in [0.1, 0.15) is 5.82 Å². The molecule has 0 amide bonds. The standard InChI is InChI=1S/C13H17FO2/c1-3-9(2)12(13(15)16)8-10-4-6-11(14)7-5-10/h4-7,9,12H,3,8H2,1-2H3,(H,15,16). The summed E-state index contributed by atoms with van der Waals surface area (Å²) in [4.78, 5) is 11.1. The molecule has 0 aliphatic rings. The molecular formula is C13H17FO2. The smallest absolute Gasteiger partial charge is 0.307 e. The van der Waals surface area contributed by atoms with Gasteiger partial charge in [-0.2, -0.15) is 0 Å². The van der Waals surface area contributed by atoms with Crippen LogP contribution in [0.25, 0.3) is 0 Å². The van der Waals surface area contributed by atoms with E-state index in [9.17, 15) is 9.18 Å². The zero-order chi connectivity index (χ0) is 12.1. The van der Waals surface area contributed by atoms with Crippen molar-refractivity contribution < 1.29 is 14.3 Å². The fourth-order valence-electron chi connectivity index (χ4n) is 1.69. The number of rotatable bonds is 5. The van der Waals surface area contributed by atoms with Crippen molar-refractivity contribution in [2.24, 2.45) is 11.8 Å². The fraction of sp³-hybridized carbons (Fsp3) is 0.462. The third-order valence-electron chi connectivity index (χ3n) is 3.02. The molecule has 0 fully saturated rings. The Morgan fingerprint density at radius 2 is 1.94 bits per heavy atom. The monoisotopic (exact) mass is 224 g/mol. The largest absolute Gasteiger partial charge is 0.481 e. The van der Waals surface area contributed by atoms with Gasteiger partial charge in [-0.15, -0.1) is 0 Å². The molecule has 2 atom stereocenters. The van der Waals surface area contributed by atoms with Crippen LogP contribution >= 0.6 is 0 Å². The van der Waals surface area contributed by atoms with Crippen molar-refractivity contribution in [1.29, 1.82) is 0 Å². The van der Waals surface area contributed by atoms with E-state index in [0.29, 0.717) is 6.42 Å². The van der Waals surface area contributed by atoms with Crippen molar-refractivity contribution >= 4 is 5.97 Å². The fourth-order valence-corrected chi connectivity index (χ4v) is 1.69. The molecule has 0 saturated heterocycles. The van der Waals surface area contributed by atoms with E-state index >= 15 is 0 Å². The van der Waals surface area contributed by atoms with Gasteiger partial charge in [0.05, 0.1) is 5.92 Å². The number of benzene rings is 1. The summed E-state index contributed by atoms with van der Waals surface area (Å²) in [5, 5.41) is 9.12. The summed E-state index contributed by atoms with van der Waals surface area (Å²) in [6, 6.07) is 6.02. The molecule has 0 saturated carbocycles. The Kier molecular flexibility index (Phi) is 4.47. The minimum Gasteiger partial charge on any atom is -0.481 e. The van der Waals surface area contributed by atoms with Crippen LogP contribution in [0.5, 0.6) is 0 Å². The molecule has 1 aromatic carbocycles. The maximum Gasteiger partial charge on any atom is 0.307 e. The highest BCUT2D eigenvalue weighted by Gasteiger charge is 2.23. The zero-order valence-electron chi connectivity index (χ0n) is 9.61. The number of hydrogen-bond acceptors (Lipinski definition) is 1. The van der Waals surface area contributed by atoms with Crippen molar-refractivity contribution in [1.82, 2.24) is 0 Å². The van der Waals surface area contributed by atoms with Gasteiger partial charge in [-0.05, 0) is 30.0 Å². The molecule has 0 aliphatic carbocycles. The molecule has 1 N–H and O–H groups in total. The summed E-state index contributed by atoms with van der Waals surface area (Å²) in [6.45, 7) is 3.91. The molecule has 0 aliphatic heterocycles. The third kappa shape index (κ3) is 3.33. The van der Waals surface area contributed by atoms with Crippen LogP contribution in [0.3, 0.4) is 0 Å². The van der Waals surface area contributed by atoms with E-state index in [2.05, 4.69) is 0 Å². The highest BCUT2D eigenvalue weighted by atomic mass is 19.1. The van der Waals surface area contributed by atoms with Crippen molar-refractivity contribution in [2.45, 2.75) is 26.7 Å². The Bertz CT molecular complexity index is 345. The van der Waals surface area contributed by atoms with Gasteiger partial charge in [-0.1, -0.05) is 32.4 Å². The number of halogens is 1. The molecular weight excluding hydrogens is 207 g/mol. The topological polar surface area (TPSA) is 37.3 Å². The SMILES string of the molecule is CCC(C)C(Cc1ccc(F)cc1)C(=O)O. The predicted octanol–water partition coefficient (Wildman–Crippen LogP) is 3.12. The lowest BCUT2D eigenvalue weighted by atomic mass is 9.86. The van der Waals surface area contributed by atoms with Crippen LogP contribution in [0.1, 0.15) is 25.8 Å². The van der Waals surface area contributed by atoms with Crippen LogP contribution in [-0.2, 0) is 11.2 Å². The normalized spacial score (nSPS) is 14.4. The van der Waals surface area contributed by atoms with Gasteiger partial charge in [0.25, 0.3) is 0 Å². The third-order valence-corrected chi connectivity index (χ3v) is 3.02. The van der Waals surface area contributed by atoms with E-state index < -0.39 is 11.9 Å². The number of carboxylic acids is 1. The average Bonchev–Trinajstić information content (AvgIpc) is 2.27. The van der Waals surface area contributed by atoms with Gasteiger partial charge in [0.2, 0.25) is 0 Å². The lowest BCUT2D eigenvalue weighted by Gasteiger charge is -2.18. The van der Waals surface area contributed by atoms with Crippen molar-refractivity contribution in [3.05, 3.63) is 35.6 Å². The van der Waals surface area contributed by atoms with Gasteiger partial charge < -0.3 is 5.11 Å². The molecule has 0 bridgehead atoms. The number of carbonyl (C=O) groups is 1. The molecule has 0 spiro atoms. The molecule has 16 heavy (non-hydrogen) atoms. The van der Waals surface area contributed by atoms with Gasteiger partial charge in [-0.25, -0.2) is 4.39 Å². The van der Waals surface area contributed by atoms with E-state index in [0.717, 1.165) is 12.0 Å². The number of aliphatic carboxylic acids is 1. The maximum atomic E-state index is 12.7. The van der Waals surface area contributed by atoms with E-state index in [-0.39, 0.29) is 11.7 Å².